The molecule has 0 spiro atoms. The molecular weight excluding hydrogens is 563 g/mol. The smallest absolute Gasteiger partial charge is 0.341 e. The van der Waals surface area contributed by atoms with Crippen LogP contribution in [0.3, 0.4) is 0 Å². The highest BCUT2D eigenvalue weighted by molar-refractivity contribution is 7.92. The lowest BCUT2D eigenvalue weighted by Gasteiger charge is -2.08. The van der Waals surface area contributed by atoms with Crippen molar-refractivity contribution >= 4 is 65.5 Å². The molecule has 0 unspecified atom stereocenters. The van der Waals surface area contributed by atoms with Crippen molar-refractivity contribution in [2.24, 2.45) is 12.0 Å². The number of thiophene rings is 1. The number of fused-ring (bicyclic) bond motifs is 2. The molecule has 2 aromatic heterocycles. The summed E-state index contributed by atoms with van der Waals surface area (Å²) in [6.45, 7) is 4.28. The monoisotopic (exact) mass is 593 g/mol. The van der Waals surface area contributed by atoms with Gasteiger partial charge < -0.3 is 19.4 Å². The maximum Gasteiger partial charge on any atom is 0.341 e. The number of hydrogen-bond acceptors (Lipinski definition) is 9. The van der Waals surface area contributed by atoms with Gasteiger partial charge in [-0.05, 0) is 63.3 Å². The lowest BCUT2D eigenvalue weighted by Crippen LogP contribution is -2.28. The van der Waals surface area contributed by atoms with Gasteiger partial charge in [-0.3, -0.25) is 9.59 Å². The van der Waals surface area contributed by atoms with Crippen molar-refractivity contribution in [2.75, 3.05) is 30.0 Å². The zero-order valence-corrected chi connectivity index (χ0v) is 24.5. The first kappa shape index (κ1) is 29.0. The normalized spacial score (nSPS) is 14.1. The Morgan fingerprint density at radius 2 is 1.82 bits per heavy atom. The Balaban J connectivity index is 1.48. The number of benzene rings is 1. The number of carbonyl (C=O) groups is 3. The van der Waals surface area contributed by atoms with Gasteiger partial charge in [0.15, 0.2) is 14.6 Å². The number of thiazole rings is 1. The summed E-state index contributed by atoms with van der Waals surface area (Å²) in [5, 5.41) is 2.88. The van der Waals surface area contributed by atoms with Crippen LogP contribution in [0.15, 0.2) is 23.2 Å². The SMILES string of the molecule is CCOC(=O)c1c(NC(=O)CS(=O)(=O)CC(=O)N=c2sc3cc(OCC)ccc3n2C)sc2c1CCCCC2. The molecule has 1 N–H and O–H groups in total. The van der Waals surface area contributed by atoms with Crippen molar-refractivity contribution in [1.29, 1.82) is 0 Å². The van der Waals surface area contributed by atoms with Crippen LogP contribution in [0.25, 0.3) is 10.2 Å². The largest absolute Gasteiger partial charge is 0.494 e. The highest BCUT2D eigenvalue weighted by Gasteiger charge is 2.28. The summed E-state index contributed by atoms with van der Waals surface area (Å²) < 4.78 is 38.7. The van der Waals surface area contributed by atoms with E-state index in [1.165, 1.54) is 22.7 Å². The summed E-state index contributed by atoms with van der Waals surface area (Å²) in [5.74, 6) is -3.36. The summed E-state index contributed by atoms with van der Waals surface area (Å²) in [4.78, 5) is 43.3. The Morgan fingerprint density at radius 1 is 1.05 bits per heavy atom. The van der Waals surface area contributed by atoms with E-state index in [1.807, 2.05) is 25.1 Å². The number of anilines is 1. The molecule has 1 aromatic carbocycles. The number of nitrogens with zero attached hydrogens (tertiary/aromatic N) is 2. The summed E-state index contributed by atoms with van der Waals surface area (Å²) in [6, 6.07) is 5.49. The third-order valence-corrected chi connectivity index (χ3v) is 9.85. The zero-order valence-electron chi connectivity index (χ0n) is 22.1. The Labute approximate surface area is 234 Å². The molecule has 39 heavy (non-hydrogen) atoms. The van der Waals surface area contributed by atoms with Crippen molar-refractivity contribution in [3.8, 4) is 5.75 Å². The van der Waals surface area contributed by atoms with E-state index in [-0.39, 0.29) is 6.61 Å². The van der Waals surface area contributed by atoms with Crippen LogP contribution in [-0.4, -0.2) is 55.5 Å². The summed E-state index contributed by atoms with van der Waals surface area (Å²) >= 11 is 2.52. The van der Waals surface area contributed by atoms with Gasteiger partial charge in [-0.25, -0.2) is 13.2 Å². The average Bonchev–Trinajstić information content (AvgIpc) is 3.23. The molecule has 2 heterocycles. The van der Waals surface area contributed by atoms with Crippen molar-refractivity contribution in [3.05, 3.63) is 39.0 Å². The zero-order chi connectivity index (χ0) is 28.2. The fraction of sp³-hybridized carbons (Fsp3) is 0.462. The highest BCUT2D eigenvalue weighted by atomic mass is 32.2. The van der Waals surface area contributed by atoms with Crippen molar-refractivity contribution in [1.82, 2.24) is 4.57 Å². The molecule has 10 nitrogen and oxygen atoms in total. The molecule has 1 aliphatic carbocycles. The van der Waals surface area contributed by atoms with Crippen LogP contribution >= 0.6 is 22.7 Å². The van der Waals surface area contributed by atoms with E-state index in [0.29, 0.717) is 34.1 Å². The van der Waals surface area contributed by atoms with Gasteiger partial charge in [0.1, 0.15) is 22.3 Å². The van der Waals surface area contributed by atoms with Gasteiger partial charge in [-0.15, -0.1) is 11.3 Å². The molecule has 0 atom stereocenters. The molecule has 4 rings (SSSR count). The molecule has 3 aromatic rings. The maximum atomic E-state index is 12.7. The predicted molar refractivity (Wildman–Crippen MR) is 151 cm³/mol. The number of hydrogen-bond donors (Lipinski definition) is 1. The van der Waals surface area contributed by atoms with Crippen LogP contribution in [0.5, 0.6) is 5.75 Å². The summed E-state index contributed by atoms with van der Waals surface area (Å²) in [7, 11) is -2.39. The second-order valence-electron chi connectivity index (χ2n) is 9.08. The van der Waals surface area contributed by atoms with E-state index in [0.717, 1.165) is 46.3 Å². The van der Waals surface area contributed by atoms with Crippen LogP contribution in [0.4, 0.5) is 5.00 Å². The fourth-order valence-corrected chi connectivity index (χ4v) is 7.84. The first-order chi connectivity index (χ1) is 18.6. The van der Waals surface area contributed by atoms with Gasteiger partial charge in [-0.1, -0.05) is 17.8 Å². The number of carbonyl (C=O) groups excluding carboxylic acids is 3. The molecule has 1 aliphatic rings. The second-order valence-corrected chi connectivity index (χ2v) is 13.3. The number of amides is 2. The second kappa shape index (κ2) is 12.4. The van der Waals surface area contributed by atoms with Gasteiger partial charge in [0.05, 0.1) is 29.0 Å². The molecule has 0 saturated heterocycles. The number of rotatable bonds is 9. The van der Waals surface area contributed by atoms with Crippen LogP contribution in [0.1, 0.15) is 53.9 Å². The molecule has 0 bridgehead atoms. The van der Waals surface area contributed by atoms with Crippen LogP contribution in [0.2, 0.25) is 0 Å². The molecule has 13 heteroatoms. The average molecular weight is 594 g/mol. The number of aromatic nitrogens is 1. The predicted octanol–water partition coefficient (Wildman–Crippen LogP) is 3.63. The van der Waals surface area contributed by atoms with Crippen molar-refractivity contribution < 1.29 is 32.3 Å². The first-order valence-electron chi connectivity index (χ1n) is 12.7. The van der Waals surface area contributed by atoms with E-state index in [9.17, 15) is 22.8 Å². The standard InChI is InChI=1S/C26H31N3O7S3/c1-4-35-16-11-12-18-20(13-16)38-26(29(18)3)28-22(31)15-39(33,34)14-21(30)27-24-23(25(32)36-5-2)17-9-7-6-8-10-19(17)37-24/h11-13H,4-10,14-15H2,1-3H3,(H,27,30). The Kier molecular flexibility index (Phi) is 9.23. The summed E-state index contributed by atoms with van der Waals surface area (Å²) in [5.41, 5.74) is 2.00. The molecule has 0 saturated carbocycles. The van der Waals surface area contributed by atoms with Crippen LogP contribution < -0.4 is 14.9 Å². The summed E-state index contributed by atoms with van der Waals surface area (Å²) in [6.07, 6.45) is 4.45. The van der Waals surface area contributed by atoms with Crippen LogP contribution in [0, 0.1) is 0 Å². The fourth-order valence-electron chi connectivity index (χ4n) is 4.47. The maximum absolute atomic E-state index is 12.7. The Hall–Kier alpha value is -3.03. The minimum absolute atomic E-state index is 0.183. The molecule has 210 valence electrons. The van der Waals surface area contributed by atoms with E-state index in [4.69, 9.17) is 9.47 Å². The van der Waals surface area contributed by atoms with Gasteiger partial charge >= 0.3 is 5.97 Å². The number of sulfone groups is 1. The van der Waals surface area contributed by atoms with Crippen molar-refractivity contribution in [2.45, 2.75) is 46.0 Å². The minimum Gasteiger partial charge on any atom is -0.494 e. The number of nitrogens with one attached hydrogen (secondary N) is 1. The lowest BCUT2D eigenvalue weighted by atomic mass is 10.1. The number of aryl methyl sites for hydroxylation is 2. The topological polar surface area (TPSA) is 133 Å². The third kappa shape index (κ3) is 6.95. The third-order valence-electron chi connectivity index (χ3n) is 6.16. The van der Waals surface area contributed by atoms with Gasteiger partial charge in [0.25, 0.3) is 5.91 Å². The van der Waals surface area contributed by atoms with Crippen molar-refractivity contribution in [3.63, 3.8) is 0 Å². The quantitative estimate of drug-likeness (QED) is 0.296. The molecular formula is C26H31N3O7S3. The van der Waals surface area contributed by atoms with E-state index in [1.54, 1.807) is 18.5 Å². The molecule has 0 aliphatic heterocycles. The van der Waals surface area contributed by atoms with Gasteiger partial charge in [-0.2, -0.15) is 4.99 Å². The van der Waals surface area contributed by atoms with Gasteiger partial charge in [0, 0.05) is 11.9 Å². The highest BCUT2D eigenvalue weighted by Crippen LogP contribution is 2.38. The van der Waals surface area contributed by atoms with E-state index >= 15 is 0 Å². The Morgan fingerprint density at radius 3 is 2.56 bits per heavy atom. The molecule has 0 fully saturated rings. The molecule has 0 radical (unpaired) electrons. The van der Waals surface area contributed by atoms with Crippen LogP contribution in [-0.2, 0) is 44.1 Å². The van der Waals surface area contributed by atoms with E-state index < -0.39 is 39.1 Å². The minimum atomic E-state index is -4.12. The first-order valence-corrected chi connectivity index (χ1v) is 16.2. The number of ether oxygens (including phenoxy) is 2. The Bertz CT molecular complexity index is 1580. The molecule has 2 amide bonds. The van der Waals surface area contributed by atoms with E-state index in [2.05, 4.69) is 10.3 Å². The number of esters is 1. The van der Waals surface area contributed by atoms with Gasteiger partial charge in [0.2, 0.25) is 5.91 Å². The lowest BCUT2D eigenvalue weighted by molar-refractivity contribution is -0.115.